The average Bonchev–Trinajstić information content (AvgIpc) is 3.44. The van der Waals surface area contributed by atoms with E-state index in [1.165, 1.54) is 4.90 Å². The topological polar surface area (TPSA) is 110 Å². The van der Waals surface area contributed by atoms with Gasteiger partial charge in [0.15, 0.2) is 5.65 Å². The molecule has 1 aromatic carbocycles. The van der Waals surface area contributed by atoms with Crippen LogP contribution in [0.3, 0.4) is 0 Å². The van der Waals surface area contributed by atoms with E-state index in [-0.39, 0.29) is 30.3 Å². The number of aromatic amines is 1. The van der Waals surface area contributed by atoms with Crippen LogP contribution in [0.2, 0.25) is 0 Å². The number of imide groups is 1. The maximum absolute atomic E-state index is 13.5. The van der Waals surface area contributed by atoms with Crippen LogP contribution < -0.4 is 10.3 Å². The van der Waals surface area contributed by atoms with E-state index in [0.717, 1.165) is 28.6 Å². The highest BCUT2D eigenvalue weighted by Gasteiger charge is 2.37. The highest BCUT2D eigenvalue weighted by Crippen LogP contribution is 2.29. The molecule has 1 aliphatic heterocycles. The van der Waals surface area contributed by atoms with Crippen molar-refractivity contribution in [2.24, 2.45) is 0 Å². The number of H-pyrrole nitrogens is 1. The number of hydrogen-bond acceptors (Lipinski definition) is 6. The van der Waals surface area contributed by atoms with Gasteiger partial charge in [0.25, 0.3) is 17.4 Å². The number of hydrogen-bond donors (Lipinski definition) is 1. The number of rotatable bonds is 7. The summed E-state index contributed by atoms with van der Waals surface area (Å²) < 4.78 is 7.02. The number of methoxy groups -OCH3 is 1. The lowest BCUT2D eigenvalue weighted by Gasteiger charge is -2.17. The van der Waals surface area contributed by atoms with Gasteiger partial charge in [-0.1, -0.05) is 12.2 Å². The number of carbonyl (C=O) groups excluding carboxylic acids is 2. The monoisotopic (exact) mass is 495 g/mol. The van der Waals surface area contributed by atoms with Gasteiger partial charge in [-0.05, 0) is 55.2 Å². The van der Waals surface area contributed by atoms with E-state index in [2.05, 4.69) is 15.0 Å². The maximum atomic E-state index is 13.5. The summed E-state index contributed by atoms with van der Waals surface area (Å²) in [5.74, 6) is 0.729. The quantitative estimate of drug-likeness (QED) is 0.395. The molecular weight excluding hydrogens is 470 g/mol. The SMILES string of the molecule is COc1ccc2[nH]cc(CCn3c(CCN4C(=O)C5=C(CCC=C5)C4=O)nc4ncccc4c3=O)c2c1. The number of carbonyl (C=O) groups is 2. The summed E-state index contributed by atoms with van der Waals surface area (Å²) in [4.78, 5) is 52.7. The molecule has 9 nitrogen and oxygen atoms in total. The van der Waals surface area contributed by atoms with Crippen LogP contribution in [0, 0.1) is 0 Å². The van der Waals surface area contributed by atoms with E-state index in [1.807, 2.05) is 30.5 Å². The van der Waals surface area contributed by atoms with Crippen molar-refractivity contribution in [3.8, 4) is 5.75 Å². The minimum absolute atomic E-state index is 0.146. The second-order valence-electron chi connectivity index (χ2n) is 9.18. The van der Waals surface area contributed by atoms with E-state index in [1.54, 1.807) is 36.1 Å². The minimum atomic E-state index is -0.281. The summed E-state index contributed by atoms with van der Waals surface area (Å²) in [5, 5.41) is 1.46. The molecule has 0 unspecified atom stereocenters. The summed E-state index contributed by atoms with van der Waals surface area (Å²) in [6.45, 7) is 0.531. The van der Waals surface area contributed by atoms with Crippen molar-refractivity contribution in [2.45, 2.75) is 32.2 Å². The highest BCUT2D eigenvalue weighted by molar-refractivity contribution is 6.20. The van der Waals surface area contributed by atoms with E-state index < -0.39 is 0 Å². The first-order chi connectivity index (χ1) is 18.0. The zero-order valence-electron chi connectivity index (χ0n) is 20.4. The van der Waals surface area contributed by atoms with Crippen LogP contribution in [0.15, 0.2) is 70.8 Å². The lowest BCUT2D eigenvalue weighted by molar-refractivity contribution is -0.137. The number of fused-ring (bicyclic) bond motifs is 2. The van der Waals surface area contributed by atoms with Crippen molar-refractivity contribution >= 4 is 33.8 Å². The Balaban J connectivity index is 1.31. The third-order valence-electron chi connectivity index (χ3n) is 7.10. The number of ether oxygens (including phenoxy) is 1. The van der Waals surface area contributed by atoms with Crippen LogP contribution in [0.5, 0.6) is 5.75 Å². The molecule has 0 spiro atoms. The summed E-state index contributed by atoms with van der Waals surface area (Å²) in [7, 11) is 1.63. The van der Waals surface area contributed by atoms with Crippen LogP contribution >= 0.6 is 0 Å². The second-order valence-corrected chi connectivity index (χ2v) is 9.18. The van der Waals surface area contributed by atoms with Gasteiger partial charge in [-0.3, -0.25) is 23.9 Å². The van der Waals surface area contributed by atoms with Gasteiger partial charge in [-0.15, -0.1) is 0 Å². The molecule has 0 saturated carbocycles. The standard InChI is InChI=1S/C28H25N5O4/c1-37-18-8-9-23-22(15-18)17(16-30-23)10-13-32-24(31-25-21(28(32)36)7-4-12-29-25)11-14-33-26(34)19-5-2-3-6-20(19)27(33)35/h2,4-5,7-9,12,15-16,30H,3,6,10-11,13-14H2,1H3. The van der Waals surface area contributed by atoms with Gasteiger partial charge in [0.05, 0.1) is 12.5 Å². The Morgan fingerprint density at radius 3 is 2.78 bits per heavy atom. The fourth-order valence-electron chi connectivity index (χ4n) is 5.15. The van der Waals surface area contributed by atoms with Crippen LogP contribution in [0.1, 0.15) is 24.2 Å². The zero-order chi connectivity index (χ0) is 25.5. The molecule has 0 saturated heterocycles. The number of allylic oxidation sites excluding steroid dienone is 1. The van der Waals surface area contributed by atoms with Gasteiger partial charge < -0.3 is 9.72 Å². The Kier molecular flexibility index (Phi) is 5.67. The van der Waals surface area contributed by atoms with Crippen molar-refractivity contribution in [2.75, 3.05) is 13.7 Å². The predicted molar refractivity (Wildman–Crippen MR) is 138 cm³/mol. The molecule has 0 fully saturated rings. The fourth-order valence-corrected chi connectivity index (χ4v) is 5.15. The van der Waals surface area contributed by atoms with Crippen molar-refractivity contribution in [1.29, 1.82) is 0 Å². The predicted octanol–water partition coefficient (Wildman–Crippen LogP) is 3.08. The van der Waals surface area contributed by atoms with E-state index in [9.17, 15) is 14.4 Å². The Bertz CT molecular complexity index is 1690. The van der Waals surface area contributed by atoms with Crippen LogP contribution in [-0.4, -0.2) is 49.9 Å². The van der Waals surface area contributed by atoms with Crippen molar-refractivity contribution < 1.29 is 14.3 Å². The Morgan fingerprint density at radius 1 is 1.05 bits per heavy atom. The van der Waals surface area contributed by atoms with Gasteiger partial charge >= 0.3 is 0 Å². The lowest BCUT2D eigenvalue weighted by Crippen LogP contribution is -2.35. The summed E-state index contributed by atoms with van der Waals surface area (Å²) in [5.41, 5.74) is 3.26. The Labute approximate surface area is 212 Å². The van der Waals surface area contributed by atoms with Crippen LogP contribution in [0.4, 0.5) is 0 Å². The van der Waals surface area contributed by atoms with Crippen molar-refractivity contribution in [3.63, 3.8) is 0 Å². The number of aryl methyl sites for hydroxylation is 1. The second kappa shape index (κ2) is 9.16. The first-order valence-corrected chi connectivity index (χ1v) is 12.3. The number of nitrogens with one attached hydrogen (secondary N) is 1. The Hall–Kier alpha value is -4.53. The minimum Gasteiger partial charge on any atom is -0.497 e. The molecule has 0 bridgehead atoms. The van der Waals surface area contributed by atoms with Crippen molar-refractivity contribution in [1.82, 2.24) is 24.4 Å². The Morgan fingerprint density at radius 2 is 1.95 bits per heavy atom. The van der Waals surface area contributed by atoms with Gasteiger partial charge in [-0.25, -0.2) is 9.97 Å². The molecular formula is C28H25N5O4. The molecule has 3 aromatic heterocycles. The first-order valence-electron chi connectivity index (χ1n) is 12.3. The van der Waals surface area contributed by atoms with Crippen LogP contribution in [-0.2, 0) is 29.0 Å². The van der Waals surface area contributed by atoms with Crippen molar-refractivity contribution in [3.05, 3.63) is 87.8 Å². The average molecular weight is 496 g/mol. The molecule has 37 heavy (non-hydrogen) atoms. The van der Waals surface area contributed by atoms with Crippen LogP contribution in [0.25, 0.3) is 21.9 Å². The normalized spacial score (nSPS) is 15.3. The number of benzene rings is 1. The van der Waals surface area contributed by atoms with Gasteiger partial charge in [0, 0.05) is 54.0 Å². The molecule has 4 heterocycles. The van der Waals surface area contributed by atoms with E-state index in [4.69, 9.17) is 4.74 Å². The third kappa shape index (κ3) is 3.92. The highest BCUT2D eigenvalue weighted by atomic mass is 16.5. The summed E-state index contributed by atoms with van der Waals surface area (Å²) >= 11 is 0. The maximum Gasteiger partial charge on any atom is 0.263 e. The molecule has 186 valence electrons. The molecule has 0 atom stereocenters. The summed E-state index contributed by atoms with van der Waals surface area (Å²) in [6, 6.07) is 9.26. The van der Waals surface area contributed by atoms with E-state index in [0.29, 0.717) is 47.4 Å². The molecule has 0 radical (unpaired) electrons. The number of amides is 2. The molecule has 4 aromatic rings. The molecule has 6 rings (SSSR count). The largest absolute Gasteiger partial charge is 0.497 e. The van der Waals surface area contributed by atoms with Gasteiger partial charge in [0.2, 0.25) is 0 Å². The number of pyridine rings is 1. The van der Waals surface area contributed by atoms with E-state index >= 15 is 0 Å². The molecule has 2 aliphatic rings. The number of aromatic nitrogens is 4. The first kappa shape index (κ1) is 22.9. The third-order valence-corrected chi connectivity index (χ3v) is 7.10. The fraction of sp³-hybridized carbons (Fsp3) is 0.250. The lowest BCUT2D eigenvalue weighted by atomic mass is 10.00. The number of nitrogens with zero attached hydrogens (tertiary/aromatic N) is 4. The molecule has 1 N–H and O–H groups in total. The molecule has 9 heteroatoms. The van der Waals surface area contributed by atoms with Gasteiger partial charge in [-0.2, -0.15) is 0 Å². The summed E-state index contributed by atoms with van der Waals surface area (Å²) in [6.07, 6.45) is 9.36. The zero-order valence-corrected chi connectivity index (χ0v) is 20.4. The molecule has 1 aliphatic carbocycles. The van der Waals surface area contributed by atoms with Gasteiger partial charge in [0.1, 0.15) is 11.6 Å². The molecule has 2 amide bonds. The smallest absolute Gasteiger partial charge is 0.263 e.